The lowest BCUT2D eigenvalue weighted by Gasteiger charge is -2.27. The van der Waals surface area contributed by atoms with Crippen LogP contribution in [0.25, 0.3) is 89.7 Å². The molecule has 0 amide bonds. The first-order valence-electron chi connectivity index (χ1n) is 43.0. The quantitative estimate of drug-likeness (QED) is 0.0875. The molecule has 3 aliphatic rings. The molecule has 0 spiro atoms. The molecular formula is C103H117N17O2. The van der Waals surface area contributed by atoms with E-state index in [9.17, 15) is 0 Å². The summed E-state index contributed by atoms with van der Waals surface area (Å²) in [6.45, 7) is 41.3. The molecule has 1 saturated heterocycles. The molecule has 122 heavy (non-hydrogen) atoms. The van der Waals surface area contributed by atoms with Gasteiger partial charge in [0, 0.05) is 176 Å². The molecular weight excluding hydrogens is 1510 g/mol. The maximum atomic E-state index is 6.16. The Morgan fingerprint density at radius 3 is 1.14 bits per heavy atom. The Labute approximate surface area is 720 Å². The third kappa shape index (κ3) is 25.1. The van der Waals surface area contributed by atoms with E-state index in [1.165, 1.54) is 53.3 Å². The van der Waals surface area contributed by atoms with Crippen molar-refractivity contribution >= 4 is 27.8 Å². The van der Waals surface area contributed by atoms with Gasteiger partial charge in [0.15, 0.2) is 11.6 Å². The molecule has 19 nitrogen and oxygen atoms in total. The average Bonchev–Trinajstić information content (AvgIpc) is 1.61. The molecule has 3 fully saturated rings. The van der Waals surface area contributed by atoms with Gasteiger partial charge in [0.25, 0.3) is 0 Å². The smallest absolute Gasteiger partial charge is 0.160 e. The summed E-state index contributed by atoms with van der Waals surface area (Å²) in [6, 6.07) is 53.9. The summed E-state index contributed by atoms with van der Waals surface area (Å²) >= 11 is 0. The standard InChI is InChI=1S/C18H18O.C17H21N3O.C15H17N3.C14H16N2.3C13H15N3/c1-11(2)14-4-3-5-16-15-9-8-13(12-6-7-12)10-17(15)19-18(14)16;1-13(2)15-4-3-5-16(19-15)14-6-7-17(18-12-14)20-8-10-21-11-9-20;1-10(2)14-8-16-9-15(18-14)12-5-6-13(17-7-12)11-3-4-11;1-10(2)13-5-4-6-14(16-13)12-8-7-11(3)15-9-12;1-9(2)12-7-14-8-13(16-12)11-5-4-10(3)15-6-11;2*1-9(2)12-6-7-14-13(16-12)11-5-4-10(3)15-8-11/h3-5,8-12H,6-7H2,1-2H3;3-7,12-13H,8-11H2,1-2H3;5-11H,3-4H2,1-2H3;4-10H,1-3H3;3*4-9H,1-3H3. The second-order valence-corrected chi connectivity index (χ2v) is 33.6. The van der Waals surface area contributed by atoms with E-state index in [1.807, 2.05) is 144 Å². The van der Waals surface area contributed by atoms with Gasteiger partial charge in [-0.15, -0.1) is 0 Å². The summed E-state index contributed by atoms with van der Waals surface area (Å²) in [5.41, 5.74) is 26.5. The lowest BCUT2D eigenvalue weighted by atomic mass is 10.00. The number of nitrogens with zero attached hydrogens (tertiary/aromatic N) is 17. The third-order valence-electron chi connectivity index (χ3n) is 21.2. The van der Waals surface area contributed by atoms with Crippen molar-refractivity contribution in [2.24, 2.45) is 0 Å². The molecule has 626 valence electrons. The number of benzene rings is 2. The first-order valence-corrected chi connectivity index (χ1v) is 43.0. The van der Waals surface area contributed by atoms with Crippen molar-refractivity contribution in [1.82, 2.24) is 79.7 Å². The molecule has 0 atom stereocenters. The summed E-state index contributed by atoms with van der Waals surface area (Å²) in [7, 11) is 0. The number of fused-ring (bicyclic) bond motifs is 3. The van der Waals surface area contributed by atoms with Crippen LogP contribution in [0.1, 0.15) is 250 Å². The zero-order valence-corrected chi connectivity index (χ0v) is 74.2. The van der Waals surface area contributed by atoms with Crippen LogP contribution in [0.3, 0.4) is 0 Å². The molecule has 15 aromatic rings. The van der Waals surface area contributed by atoms with Crippen molar-refractivity contribution in [3.05, 3.63) is 306 Å². The highest BCUT2D eigenvalue weighted by Crippen LogP contribution is 2.43. The first-order chi connectivity index (χ1) is 58.9. The van der Waals surface area contributed by atoms with Gasteiger partial charge in [0.05, 0.1) is 59.8 Å². The SMILES string of the molecule is CC(C)c1cccc(-c2ccc(N3CCOCC3)nc2)n1.CC(C)c1cccc2c1oc1cc(C3CC3)ccc12.CC(C)c1cncc(-c2ccc(C3CC3)nc2)n1.Cc1ccc(-c2cccc(C(C)C)n2)cn1.Cc1ccc(-c2cncc(C(C)C)n2)cn1.Cc1ccc(-c2nccc(C(C)C)n2)cn1.Cc1ccc(-c2nccc(C(C)C)n2)cn1. The van der Waals surface area contributed by atoms with Crippen molar-refractivity contribution in [3.63, 3.8) is 0 Å². The topological polar surface area (TPSA) is 232 Å². The highest BCUT2D eigenvalue weighted by Gasteiger charge is 2.26. The summed E-state index contributed by atoms with van der Waals surface area (Å²) in [5.74, 6) is 7.01. The maximum Gasteiger partial charge on any atom is 0.160 e. The molecule has 0 unspecified atom stereocenters. The predicted molar refractivity (Wildman–Crippen MR) is 494 cm³/mol. The number of aryl methyl sites for hydroxylation is 4. The number of morpholine rings is 1. The van der Waals surface area contributed by atoms with Crippen LogP contribution in [0.5, 0.6) is 0 Å². The zero-order valence-electron chi connectivity index (χ0n) is 74.2. The Hall–Kier alpha value is -12.5. The Morgan fingerprint density at radius 2 is 0.730 bits per heavy atom. The van der Waals surface area contributed by atoms with Crippen molar-refractivity contribution in [2.45, 2.75) is 204 Å². The van der Waals surface area contributed by atoms with Gasteiger partial charge in [-0.1, -0.05) is 139 Å². The van der Waals surface area contributed by atoms with Crippen LogP contribution in [0.15, 0.2) is 237 Å². The summed E-state index contributed by atoms with van der Waals surface area (Å²) in [6.07, 6.45) is 27.3. The summed E-state index contributed by atoms with van der Waals surface area (Å²) in [4.78, 5) is 73.0. The summed E-state index contributed by atoms with van der Waals surface area (Å²) < 4.78 is 11.5. The highest BCUT2D eigenvalue weighted by molar-refractivity contribution is 6.06. The van der Waals surface area contributed by atoms with Gasteiger partial charge in [-0.05, 0) is 227 Å². The van der Waals surface area contributed by atoms with E-state index in [-0.39, 0.29) is 0 Å². The normalized spacial score (nSPS) is 13.0. The second kappa shape index (κ2) is 42.6. The number of ether oxygens (including phenoxy) is 1. The first kappa shape index (κ1) is 88.8. The van der Waals surface area contributed by atoms with Crippen LogP contribution in [-0.2, 0) is 4.74 Å². The molecule has 2 aromatic carbocycles. The molecule has 18 rings (SSSR count). The lowest BCUT2D eigenvalue weighted by Crippen LogP contribution is -2.36. The van der Waals surface area contributed by atoms with Gasteiger partial charge in [-0.25, -0.2) is 34.9 Å². The van der Waals surface area contributed by atoms with Crippen LogP contribution in [0.4, 0.5) is 5.82 Å². The Kier molecular flexibility index (Phi) is 31.0. The van der Waals surface area contributed by atoms with E-state index in [1.54, 1.807) is 24.8 Å². The number of para-hydroxylation sites is 1. The minimum atomic E-state index is 0.394. The van der Waals surface area contributed by atoms with Gasteiger partial charge < -0.3 is 14.1 Å². The number of aromatic nitrogens is 16. The van der Waals surface area contributed by atoms with Crippen LogP contribution >= 0.6 is 0 Å². The van der Waals surface area contributed by atoms with E-state index in [4.69, 9.17) is 14.1 Å². The Balaban J connectivity index is 0.000000130. The molecule has 14 heterocycles. The van der Waals surface area contributed by atoms with Crippen LogP contribution < -0.4 is 4.90 Å². The molecule has 2 aliphatic carbocycles. The number of hydrogen-bond acceptors (Lipinski definition) is 19. The van der Waals surface area contributed by atoms with E-state index in [0.29, 0.717) is 47.3 Å². The van der Waals surface area contributed by atoms with E-state index in [2.05, 4.69) is 268 Å². The van der Waals surface area contributed by atoms with E-state index in [0.717, 1.165) is 174 Å². The van der Waals surface area contributed by atoms with Crippen LogP contribution in [-0.4, -0.2) is 106 Å². The van der Waals surface area contributed by atoms with Crippen LogP contribution in [0, 0.1) is 27.7 Å². The van der Waals surface area contributed by atoms with Gasteiger partial charge in [-0.3, -0.25) is 44.9 Å². The minimum Gasteiger partial charge on any atom is -0.456 e. The van der Waals surface area contributed by atoms with Gasteiger partial charge in [0.1, 0.15) is 17.0 Å². The third-order valence-corrected chi connectivity index (χ3v) is 21.2. The van der Waals surface area contributed by atoms with Crippen LogP contribution in [0.2, 0.25) is 0 Å². The van der Waals surface area contributed by atoms with E-state index >= 15 is 0 Å². The largest absolute Gasteiger partial charge is 0.456 e. The van der Waals surface area contributed by atoms with Crippen molar-refractivity contribution in [3.8, 4) is 67.8 Å². The minimum absolute atomic E-state index is 0.394. The molecule has 19 heteroatoms. The fourth-order valence-corrected chi connectivity index (χ4v) is 13.2. The number of rotatable bonds is 16. The van der Waals surface area contributed by atoms with E-state index < -0.39 is 0 Å². The van der Waals surface area contributed by atoms with Crippen molar-refractivity contribution < 1.29 is 9.15 Å². The predicted octanol–water partition coefficient (Wildman–Crippen LogP) is 24.7. The second-order valence-electron chi connectivity index (χ2n) is 33.6. The van der Waals surface area contributed by atoms with Gasteiger partial charge in [-0.2, -0.15) is 0 Å². The van der Waals surface area contributed by atoms with Gasteiger partial charge in [0.2, 0.25) is 0 Å². The molecule has 13 aromatic heterocycles. The monoisotopic (exact) mass is 1620 g/mol. The average molecular weight is 1630 g/mol. The molecule has 0 radical (unpaired) electrons. The molecule has 0 N–H and O–H groups in total. The molecule has 0 bridgehead atoms. The fraction of sp³-hybridized carbons (Fsp3) is 0.340. The number of furan rings is 1. The lowest BCUT2D eigenvalue weighted by molar-refractivity contribution is 0.122. The number of hydrogen-bond donors (Lipinski definition) is 0. The van der Waals surface area contributed by atoms with Crippen molar-refractivity contribution in [1.29, 1.82) is 0 Å². The fourth-order valence-electron chi connectivity index (χ4n) is 13.2. The molecule has 2 saturated carbocycles. The zero-order chi connectivity index (χ0) is 86.3. The van der Waals surface area contributed by atoms with Gasteiger partial charge >= 0.3 is 0 Å². The van der Waals surface area contributed by atoms with Crippen molar-refractivity contribution in [2.75, 3.05) is 31.2 Å². The number of anilines is 1. The molecule has 1 aliphatic heterocycles. The Bertz CT molecular complexity index is 5430. The maximum absolute atomic E-state index is 6.16. The highest BCUT2D eigenvalue weighted by atomic mass is 16.5. The Morgan fingerprint density at radius 1 is 0.320 bits per heavy atom. The summed E-state index contributed by atoms with van der Waals surface area (Å²) in [5, 5.41) is 2.51. The number of pyridine rings is 8.